The highest BCUT2D eigenvalue weighted by molar-refractivity contribution is 6.09. The molecule has 0 saturated heterocycles. The van der Waals surface area contributed by atoms with Crippen molar-refractivity contribution in [2.45, 2.75) is 25.4 Å². The number of carbonyl (C=O) groups excluding carboxylic acids is 1. The maximum Gasteiger partial charge on any atom is 0.331 e. The Balaban J connectivity index is 4.56. The van der Waals surface area contributed by atoms with Crippen LogP contribution in [-0.2, 0) is 9.59 Å². The van der Waals surface area contributed by atoms with Crippen LogP contribution in [-0.4, -0.2) is 28.4 Å². The number of nitrogens with two attached hydrogens (primary N) is 2. The van der Waals surface area contributed by atoms with Crippen molar-refractivity contribution in [3.63, 3.8) is 0 Å². The Morgan fingerprint density at radius 2 is 1.91 bits per heavy atom. The number of Topliss-reactive ketones (excluding diaryl/α,β-unsaturated/α-hetero) is 1. The number of carboxylic acid groups (broad SMARTS) is 1. The van der Waals surface area contributed by atoms with Crippen molar-refractivity contribution in [2.24, 2.45) is 11.5 Å². The SMILES string of the molecule is C[C@H](N)C(=O)[C@@](C)(N)C(=O)O. The molecule has 0 fully saturated rings. The largest absolute Gasteiger partial charge is 0.480 e. The van der Waals surface area contributed by atoms with Gasteiger partial charge in [0, 0.05) is 0 Å². The molecule has 0 aromatic heterocycles. The average Bonchev–Trinajstić information content (AvgIpc) is 1.85. The first kappa shape index (κ1) is 10.1. The fourth-order valence-corrected chi connectivity index (χ4v) is 0.578. The third-order valence-corrected chi connectivity index (χ3v) is 1.37. The molecule has 0 unspecified atom stereocenters. The van der Waals surface area contributed by atoms with Crippen molar-refractivity contribution in [1.82, 2.24) is 0 Å². The summed E-state index contributed by atoms with van der Waals surface area (Å²) in [6, 6.07) is -0.846. The Morgan fingerprint density at radius 3 is 2.00 bits per heavy atom. The van der Waals surface area contributed by atoms with Crippen LogP contribution in [0.4, 0.5) is 0 Å². The van der Waals surface area contributed by atoms with E-state index in [9.17, 15) is 9.59 Å². The summed E-state index contributed by atoms with van der Waals surface area (Å²) in [7, 11) is 0. The Bertz CT molecular complexity index is 186. The minimum Gasteiger partial charge on any atom is -0.480 e. The predicted octanol–water partition coefficient (Wildman–Crippen LogP) is -1.30. The van der Waals surface area contributed by atoms with Crippen LogP contribution in [0.2, 0.25) is 0 Å². The van der Waals surface area contributed by atoms with E-state index >= 15 is 0 Å². The molecule has 0 aliphatic heterocycles. The van der Waals surface area contributed by atoms with Gasteiger partial charge in [0.2, 0.25) is 0 Å². The molecule has 0 aromatic carbocycles. The number of rotatable bonds is 3. The second kappa shape index (κ2) is 2.98. The molecule has 5 nitrogen and oxygen atoms in total. The van der Waals surface area contributed by atoms with Crippen molar-refractivity contribution >= 4 is 11.8 Å². The van der Waals surface area contributed by atoms with Gasteiger partial charge >= 0.3 is 5.97 Å². The molecule has 0 aliphatic carbocycles. The number of carbonyl (C=O) groups is 2. The quantitative estimate of drug-likeness (QED) is 0.445. The number of carboxylic acids is 1. The minimum atomic E-state index is -1.87. The molecule has 0 saturated carbocycles. The van der Waals surface area contributed by atoms with Crippen LogP contribution in [0.5, 0.6) is 0 Å². The number of aliphatic carboxylic acids is 1. The summed E-state index contributed by atoms with van der Waals surface area (Å²) in [5.74, 6) is -2.04. The highest BCUT2D eigenvalue weighted by Crippen LogP contribution is 2.02. The first-order chi connectivity index (χ1) is 4.80. The summed E-state index contributed by atoms with van der Waals surface area (Å²) in [5.41, 5.74) is 8.47. The van der Waals surface area contributed by atoms with E-state index in [1.54, 1.807) is 0 Å². The monoisotopic (exact) mass is 160 g/mol. The summed E-state index contributed by atoms with van der Waals surface area (Å²) >= 11 is 0. The molecule has 0 radical (unpaired) electrons. The smallest absolute Gasteiger partial charge is 0.331 e. The second-order valence-electron chi connectivity index (χ2n) is 2.66. The Morgan fingerprint density at radius 1 is 1.55 bits per heavy atom. The zero-order valence-corrected chi connectivity index (χ0v) is 6.50. The van der Waals surface area contributed by atoms with E-state index in [0.29, 0.717) is 0 Å². The van der Waals surface area contributed by atoms with Crippen LogP contribution >= 0.6 is 0 Å². The van der Waals surface area contributed by atoms with Crippen molar-refractivity contribution < 1.29 is 14.7 Å². The molecule has 2 atom stereocenters. The van der Waals surface area contributed by atoms with Crippen molar-refractivity contribution in [3.05, 3.63) is 0 Å². The molecule has 0 bridgehead atoms. The number of hydrogen-bond acceptors (Lipinski definition) is 4. The van der Waals surface area contributed by atoms with Gasteiger partial charge in [-0.2, -0.15) is 0 Å². The van der Waals surface area contributed by atoms with Gasteiger partial charge in [-0.25, -0.2) is 4.79 Å². The van der Waals surface area contributed by atoms with Gasteiger partial charge in [-0.3, -0.25) is 4.79 Å². The van der Waals surface area contributed by atoms with Gasteiger partial charge in [0.25, 0.3) is 0 Å². The predicted molar refractivity (Wildman–Crippen MR) is 38.9 cm³/mol. The van der Waals surface area contributed by atoms with Crippen LogP contribution in [0.1, 0.15) is 13.8 Å². The minimum absolute atomic E-state index is 0.676. The van der Waals surface area contributed by atoms with Crippen LogP contribution < -0.4 is 11.5 Å². The summed E-state index contributed by atoms with van der Waals surface area (Å²) in [6.07, 6.45) is 0. The first-order valence-corrected chi connectivity index (χ1v) is 3.12. The van der Waals surface area contributed by atoms with Gasteiger partial charge in [0.15, 0.2) is 11.3 Å². The maximum absolute atomic E-state index is 11.0. The Hall–Kier alpha value is -0.940. The molecule has 0 aromatic rings. The normalized spacial score (nSPS) is 18.5. The summed E-state index contributed by atoms with van der Waals surface area (Å²) in [5, 5.41) is 8.46. The molecule has 11 heavy (non-hydrogen) atoms. The maximum atomic E-state index is 11.0. The Kier molecular flexibility index (Phi) is 2.72. The van der Waals surface area contributed by atoms with E-state index < -0.39 is 23.3 Å². The summed E-state index contributed by atoms with van der Waals surface area (Å²) < 4.78 is 0. The summed E-state index contributed by atoms with van der Waals surface area (Å²) in [6.45, 7) is 2.53. The van der Waals surface area contributed by atoms with E-state index in [-0.39, 0.29) is 0 Å². The van der Waals surface area contributed by atoms with Gasteiger partial charge in [-0.05, 0) is 13.8 Å². The van der Waals surface area contributed by atoms with E-state index in [1.165, 1.54) is 6.92 Å². The molecule has 64 valence electrons. The lowest BCUT2D eigenvalue weighted by Gasteiger charge is -2.19. The summed E-state index contributed by atoms with van der Waals surface area (Å²) in [4.78, 5) is 21.3. The molecule has 0 rings (SSSR count). The van der Waals surface area contributed by atoms with Gasteiger partial charge < -0.3 is 16.6 Å². The topological polar surface area (TPSA) is 106 Å². The lowest BCUT2D eigenvalue weighted by molar-refractivity contribution is -0.147. The van der Waals surface area contributed by atoms with E-state index in [0.717, 1.165) is 6.92 Å². The molecule has 0 amide bonds. The van der Waals surface area contributed by atoms with Crippen LogP contribution in [0, 0.1) is 0 Å². The molecule has 0 spiro atoms. The lowest BCUT2D eigenvalue weighted by Crippen LogP contribution is -2.57. The molecular weight excluding hydrogens is 148 g/mol. The Labute approximate surface area is 64.4 Å². The fraction of sp³-hybridized carbons (Fsp3) is 0.667. The first-order valence-electron chi connectivity index (χ1n) is 3.12. The highest BCUT2D eigenvalue weighted by Gasteiger charge is 2.38. The average molecular weight is 160 g/mol. The second-order valence-corrected chi connectivity index (χ2v) is 2.66. The molecular formula is C6H12N2O3. The standard InChI is InChI=1S/C6H12N2O3/c1-3(7)4(9)6(2,8)5(10)11/h3H,7-8H2,1-2H3,(H,10,11)/t3-,6+/m0/s1. The van der Waals surface area contributed by atoms with E-state index in [1.807, 2.05) is 0 Å². The van der Waals surface area contributed by atoms with E-state index in [4.69, 9.17) is 16.6 Å². The molecule has 5 N–H and O–H groups in total. The van der Waals surface area contributed by atoms with Gasteiger partial charge in [0.05, 0.1) is 6.04 Å². The van der Waals surface area contributed by atoms with Crippen molar-refractivity contribution in [2.75, 3.05) is 0 Å². The van der Waals surface area contributed by atoms with Crippen molar-refractivity contribution in [3.8, 4) is 0 Å². The molecule has 5 heteroatoms. The van der Waals surface area contributed by atoms with Gasteiger partial charge in [-0.15, -0.1) is 0 Å². The highest BCUT2D eigenvalue weighted by atomic mass is 16.4. The van der Waals surface area contributed by atoms with Crippen LogP contribution in [0.15, 0.2) is 0 Å². The molecule has 0 aliphatic rings. The van der Waals surface area contributed by atoms with Crippen LogP contribution in [0.3, 0.4) is 0 Å². The number of hydrogen-bond donors (Lipinski definition) is 3. The zero-order valence-electron chi connectivity index (χ0n) is 6.50. The lowest BCUT2D eigenvalue weighted by atomic mass is 9.94. The van der Waals surface area contributed by atoms with Crippen molar-refractivity contribution in [1.29, 1.82) is 0 Å². The molecule has 0 heterocycles. The number of ketones is 1. The third kappa shape index (κ3) is 1.99. The van der Waals surface area contributed by atoms with Gasteiger partial charge in [0.1, 0.15) is 0 Å². The zero-order chi connectivity index (χ0) is 9.23. The third-order valence-electron chi connectivity index (χ3n) is 1.37. The van der Waals surface area contributed by atoms with Gasteiger partial charge in [-0.1, -0.05) is 0 Å². The van der Waals surface area contributed by atoms with E-state index in [2.05, 4.69) is 0 Å². The van der Waals surface area contributed by atoms with Crippen LogP contribution in [0.25, 0.3) is 0 Å². The fourth-order valence-electron chi connectivity index (χ4n) is 0.578.